The van der Waals surface area contributed by atoms with Crippen molar-refractivity contribution < 1.29 is 23.1 Å². The van der Waals surface area contributed by atoms with Crippen molar-refractivity contribution in [3.05, 3.63) is 34.3 Å². The molecule has 0 aromatic heterocycles. The number of amides is 1. The van der Waals surface area contributed by atoms with Crippen LogP contribution in [0.25, 0.3) is 0 Å². The van der Waals surface area contributed by atoms with E-state index in [1.807, 2.05) is 0 Å². The van der Waals surface area contributed by atoms with Crippen molar-refractivity contribution in [2.24, 2.45) is 5.92 Å². The molecule has 1 aliphatic rings. The van der Waals surface area contributed by atoms with Gasteiger partial charge in [-0.1, -0.05) is 11.6 Å². The van der Waals surface area contributed by atoms with Gasteiger partial charge in [0.05, 0.1) is 10.6 Å². The van der Waals surface area contributed by atoms with Gasteiger partial charge in [0.15, 0.2) is 0 Å². The molecule has 0 spiro atoms. The molecule has 1 fully saturated rings. The monoisotopic (exact) mass is 321 g/mol. The largest absolute Gasteiger partial charge is 0.417 e. The first-order chi connectivity index (χ1) is 9.82. The van der Waals surface area contributed by atoms with Crippen LogP contribution in [0.1, 0.15) is 28.8 Å². The molecule has 21 heavy (non-hydrogen) atoms. The van der Waals surface area contributed by atoms with E-state index in [-0.39, 0.29) is 18.1 Å². The van der Waals surface area contributed by atoms with Gasteiger partial charge in [0.2, 0.25) is 0 Å². The molecule has 1 aliphatic heterocycles. The molecule has 2 rings (SSSR count). The van der Waals surface area contributed by atoms with Crippen molar-refractivity contribution >= 4 is 17.5 Å². The first kappa shape index (κ1) is 16.1. The van der Waals surface area contributed by atoms with E-state index in [9.17, 15) is 18.0 Å². The number of benzene rings is 1. The van der Waals surface area contributed by atoms with Crippen molar-refractivity contribution in [3.8, 4) is 0 Å². The molecule has 1 heterocycles. The van der Waals surface area contributed by atoms with Crippen LogP contribution in [-0.2, 0) is 6.18 Å². The third kappa shape index (κ3) is 3.68. The van der Waals surface area contributed by atoms with Crippen LogP contribution in [0.5, 0.6) is 0 Å². The number of likely N-dealkylation sites (tertiary alicyclic amines) is 1. The molecule has 1 aromatic rings. The highest BCUT2D eigenvalue weighted by Gasteiger charge is 2.34. The molecule has 0 aliphatic carbocycles. The Morgan fingerprint density at radius 2 is 2.14 bits per heavy atom. The molecule has 0 radical (unpaired) electrons. The highest BCUT2D eigenvalue weighted by atomic mass is 35.5. The molecule has 1 atom stereocenters. The molecule has 116 valence electrons. The third-order valence-electron chi connectivity index (χ3n) is 3.58. The smallest absolute Gasteiger partial charge is 0.396 e. The van der Waals surface area contributed by atoms with Crippen molar-refractivity contribution in [2.45, 2.75) is 19.0 Å². The van der Waals surface area contributed by atoms with Crippen molar-refractivity contribution in [2.75, 3.05) is 19.7 Å². The third-order valence-corrected chi connectivity index (χ3v) is 3.91. The second-order valence-electron chi connectivity index (χ2n) is 5.13. The number of carbonyl (C=O) groups excluding carboxylic acids is 1. The Kier molecular flexibility index (Phi) is 4.78. The van der Waals surface area contributed by atoms with E-state index >= 15 is 0 Å². The Bertz CT molecular complexity index is 533. The van der Waals surface area contributed by atoms with Crippen LogP contribution in [0.3, 0.4) is 0 Å². The van der Waals surface area contributed by atoms with Crippen LogP contribution >= 0.6 is 11.6 Å². The number of nitrogens with zero attached hydrogens (tertiary/aromatic N) is 1. The summed E-state index contributed by atoms with van der Waals surface area (Å²) in [6.07, 6.45) is -3.05. The zero-order chi connectivity index (χ0) is 15.6. The average molecular weight is 322 g/mol. The second kappa shape index (κ2) is 6.23. The molecular formula is C14H15ClF3NO2. The lowest BCUT2D eigenvalue weighted by Gasteiger charge is -2.32. The Hall–Kier alpha value is -1.27. The summed E-state index contributed by atoms with van der Waals surface area (Å²) >= 11 is 5.54. The van der Waals surface area contributed by atoms with Gasteiger partial charge in [0.25, 0.3) is 5.91 Å². The average Bonchev–Trinajstić information content (AvgIpc) is 2.46. The fraction of sp³-hybridized carbons (Fsp3) is 0.500. The first-order valence-corrected chi connectivity index (χ1v) is 6.97. The lowest BCUT2D eigenvalue weighted by Crippen LogP contribution is -2.41. The van der Waals surface area contributed by atoms with Gasteiger partial charge in [-0.3, -0.25) is 4.79 Å². The summed E-state index contributed by atoms with van der Waals surface area (Å²) in [6, 6.07) is 3.17. The van der Waals surface area contributed by atoms with E-state index in [2.05, 4.69) is 0 Å². The topological polar surface area (TPSA) is 40.5 Å². The normalized spacial score (nSPS) is 19.7. The van der Waals surface area contributed by atoms with Crippen LogP contribution in [-0.4, -0.2) is 35.6 Å². The number of aliphatic hydroxyl groups is 1. The van der Waals surface area contributed by atoms with Crippen molar-refractivity contribution in [3.63, 3.8) is 0 Å². The summed E-state index contributed by atoms with van der Waals surface area (Å²) in [5.41, 5.74) is -1.05. The van der Waals surface area contributed by atoms with Gasteiger partial charge < -0.3 is 10.0 Å². The highest BCUT2D eigenvalue weighted by molar-refractivity contribution is 6.31. The molecule has 0 saturated carbocycles. The lowest BCUT2D eigenvalue weighted by atomic mass is 9.98. The summed E-state index contributed by atoms with van der Waals surface area (Å²) in [7, 11) is 0. The van der Waals surface area contributed by atoms with Crippen LogP contribution in [0.4, 0.5) is 13.2 Å². The number of piperidine rings is 1. The van der Waals surface area contributed by atoms with Crippen LogP contribution in [0, 0.1) is 5.92 Å². The summed E-state index contributed by atoms with van der Waals surface area (Å²) in [5, 5.41) is 8.72. The number of hydrogen-bond donors (Lipinski definition) is 1. The maximum Gasteiger partial charge on any atom is 0.417 e. The quantitative estimate of drug-likeness (QED) is 0.908. The minimum Gasteiger partial charge on any atom is -0.396 e. The van der Waals surface area contributed by atoms with E-state index in [0.717, 1.165) is 25.0 Å². The second-order valence-corrected chi connectivity index (χ2v) is 5.54. The number of aliphatic hydroxyl groups excluding tert-OH is 1. The zero-order valence-corrected chi connectivity index (χ0v) is 11.9. The molecule has 3 nitrogen and oxygen atoms in total. The van der Waals surface area contributed by atoms with Gasteiger partial charge in [-0.25, -0.2) is 0 Å². The first-order valence-electron chi connectivity index (χ1n) is 6.60. The van der Waals surface area contributed by atoms with E-state index in [0.29, 0.717) is 13.1 Å². The standard InChI is InChI=1S/C14H15ClF3NO2/c15-12-4-3-10(6-11(12)14(16,17)18)13(21)19-5-1-2-9(7-19)8-20/h3-4,6,9,20H,1-2,5,7-8H2. The minimum absolute atomic E-state index is 0.0166. The van der Waals surface area contributed by atoms with E-state index in [1.54, 1.807) is 0 Å². The molecule has 7 heteroatoms. The van der Waals surface area contributed by atoms with Crippen LogP contribution in [0.2, 0.25) is 5.02 Å². The fourth-order valence-corrected chi connectivity index (χ4v) is 2.68. The lowest BCUT2D eigenvalue weighted by molar-refractivity contribution is -0.137. The highest BCUT2D eigenvalue weighted by Crippen LogP contribution is 2.35. The SMILES string of the molecule is O=C(c1ccc(Cl)c(C(F)(F)F)c1)N1CCCC(CO)C1. The minimum atomic E-state index is -4.59. The van der Waals surface area contributed by atoms with E-state index in [4.69, 9.17) is 16.7 Å². The Balaban J connectivity index is 2.23. The van der Waals surface area contributed by atoms with E-state index < -0.39 is 22.7 Å². The van der Waals surface area contributed by atoms with Gasteiger partial charge >= 0.3 is 6.18 Å². The molecule has 0 bridgehead atoms. The summed E-state index contributed by atoms with van der Waals surface area (Å²) in [5.74, 6) is -0.479. The Morgan fingerprint density at radius 1 is 1.43 bits per heavy atom. The van der Waals surface area contributed by atoms with Gasteiger partial charge in [-0.2, -0.15) is 13.2 Å². The number of halogens is 4. The maximum absolute atomic E-state index is 12.8. The van der Waals surface area contributed by atoms with Gasteiger partial charge in [0.1, 0.15) is 0 Å². The Labute approximate surface area is 125 Å². The van der Waals surface area contributed by atoms with Crippen LogP contribution in [0.15, 0.2) is 18.2 Å². The predicted octanol–water partition coefficient (Wildman–Crippen LogP) is 3.20. The number of carbonyl (C=O) groups is 1. The fourth-order valence-electron chi connectivity index (χ4n) is 2.46. The van der Waals surface area contributed by atoms with Gasteiger partial charge in [-0.05, 0) is 37.0 Å². The molecule has 1 N–H and O–H groups in total. The van der Waals surface area contributed by atoms with Crippen LogP contribution < -0.4 is 0 Å². The zero-order valence-electron chi connectivity index (χ0n) is 11.2. The summed E-state index contributed by atoms with van der Waals surface area (Å²) in [6.45, 7) is 0.816. The number of hydrogen-bond acceptors (Lipinski definition) is 2. The van der Waals surface area contributed by atoms with Crippen molar-refractivity contribution in [1.82, 2.24) is 4.90 Å². The maximum atomic E-state index is 12.8. The van der Waals surface area contributed by atoms with E-state index in [1.165, 1.54) is 11.0 Å². The molecule has 1 amide bonds. The van der Waals surface area contributed by atoms with Gasteiger partial charge in [0, 0.05) is 25.3 Å². The Morgan fingerprint density at radius 3 is 2.76 bits per heavy atom. The van der Waals surface area contributed by atoms with Gasteiger partial charge in [-0.15, -0.1) is 0 Å². The molecule has 1 saturated heterocycles. The molecule has 1 unspecified atom stereocenters. The summed E-state index contributed by atoms with van der Waals surface area (Å²) in [4.78, 5) is 13.8. The number of rotatable bonds is 2. The summed E-state index contributed by atoms with van der Waals surface area (Å²) < 4.78 is 38.4. The predicted molar refractivity (Wildman–Crippen MR) is 72.2 cm³/mol. The molecular weight excluding hydrogens is 307 g/mol. The number of alkyl halides is 3. The molecule has 1 aromatic carbocycles. The van der Waals surface area contributed by atoms with Crippen molar-refractivity contribution in [1.29, 1.82) is 0 Å².